The van der Waals surface area contributed by atoms with Crippen LogP contribution in [0.3, 0.4) is 0 Å². The van der Waals surface area contributed by atoms with E-state index in [-0.39, 0.29) is 11.5 Å². The molecule has 4 rings (SSSR count). The molecule has 2 aromatic carbocycles. The summed E-state index contributed by atoms with van der Waals surface area (Å²) in [6, 6.07) is 12.3. The van der Waals surface area contributed by atoms with E-state index in [1.54, 1.807) is 17.0 Å². The minimum Gasteiger partial charge on any atom is -0.307 e. The van der Waals surface area contributed by atoms with Crippen LogP contribution in [0.1, 0.15) is 22.5 Å². The molecule has 0 radical (unpaired) electrons. The van der Waals surface area contributed by atoms with E-state index in [2.05, 4.69) is 5.10 Å². The van der Waals surface area contributed by atoms with Crippen LogP contribution in [0.5, 0.6) is 0 Å². The third-order valence-electron chi connectivity index (χ3n) is 4.51. The second-order valence-electron chi connectivity index (χ2n) is 6.28. The van der Waals surface area contributed by atoms with E-state index in [0.717, 1.165) is 24.1 Å². The number of halogens is 2. The number of hydrogen-bond donors (Lipinski definition) is 0. The third kappa shape index (κ3) is 3.36. The van der Waals surface area contributed by atoms with Gasteiger partial charge in [0.25, 0.3) is 5.91 Å². The molecule has 27 heavy (non-hydrogen) atoms. The summed E-state index contributed by atoms with van der Waals surface area (Å²) in [6.45, 7) is 0.500. The van der Waals surface area contributed by atoms with Gasteiger partial charge in [-0.2, -0.15) is 5.10 Å². The molecule has 1 aliphatic rings. The van der Waals surface area contributed by atoms with Gasteiger partial charge in [0.2, 0.25) is 5.43 Å². The van der Waals surface area contributed by atoms with Gasteiger partial charge in [-0.05, 0) is 60.9 Å². The summed E-state index contributed by atoms with van der Waals surface area (Å²) in [7, 11) is 0. The first kappa shape index (κ1) is 17.4. The number of rotatable bonds is 2. The second kappa shape index (κ2) is 6.96. The van der Waals surface area contributed by atoms with Gasteiger partial charge in [-0.3, -0.25) is 9.59 Å². The number of hydrogen-bond acceptors (Lipinski definition) is 3. The Morgan fingerprint density at radius 3 is 2.67 bits per heavy atom. The molecule has 1 amide bonds. The molecule has 0 bridgehead atoms. The normalized spacial score (nSPS) is 13.3. The maximum atomic E-state index is 13.1. The maximum Gasteiger partial charge on any atom is 0.282 e. The number of benzene rings is 2. The zero-order valence-corrected chi connectivity index (χ0v) is 15.0. The van der Waals surface area contributed by atoms with Crippen LogP contribution in [0, 0.1) is 5.82 Å². The van der Waals surface area contributed by atoms with Gasteiger partial charge in [-0.25, -0.2) is 9.07 Å². The van der Waals surface area contributed by atoms with Crippen molar-refractivity contribution in [1.29, 1.82) is 0 Å². The highest BCUT2D eigenvalue weighted by Crippen LogP contribution is 2.30. The van der Waals surface area contributed by atoms with Crippen molar-refractivity contribution in [2.75, 3.05) is 11.4 Å². The summed E-state index contributed by atoms with van der Waals surface area (Å²) in [5, 5.41) is 4.81. The zero-order chi connectivity index (χ0) is 19.0. The van der Waals surface area contributed by atoms with Gasteiger partial charge < -0.3 is 4.90 Å². The first-order valence-corrected chi connectivity index (χ1v) is 8.87. The van der Waals surface area contributed by atoms with E-state index in [4.69, 9.17) is 11.6 Å². The smallest absolute Gasteiger partial charge is 0.282 e. The topological polar surface area (TPSA) is 55.2 Å². The Bertz CT molecular complexity index is 1080. The number of carbonyl (C=O) groups is 1. The molecule has 3 aromatic rings. The molecular weight excluding hydrogens is 369 g/mol. The van der Waals surface area contributed by atoms with Gasteiger partial charge in [0.05, 0.1) is 5.69 Å². The van der Waals surface area contributed by atoms with Crippen LogP contribution < -0.4 is 10.3 Å². The van der Waals surface area contributed by atoms with Crippen LogP contribution in [0.2, 0.25) is 5.02 Å². The molecule has 1 aliphatic heterocycles. The standard InChI is InChI=1S/C20H15ClFN3O2/c21-14-3-8-17-13(12-14)2-1-10-24(17)20(27)19-18(26)9-11-25(23-19)16-6-4-15(22)5-7-16/h3-9,11-12H,1-2,10H2. The average Bonchev–Trinajstić information content (AvgIpc) is 2.68. The lowest BCUT2D eigenvalue weighted by Crippen LogP contribution is -2.39. The molecule has 0 spiro atoms. The van der Waals surface area contributed by atoms with E-state index >= 15 is 0 Å². The fourth-order valence-electron chi connectivity index (χ4n) is 3.20. The van der Waals surface area contributed by atoms with Gasteiger partial charge in [-0.15, -0.1) is 0 Å². The lowest BCUT2D eigenvalue weighted by molar-refractivity contribution is 0.0977. The number of carbonyl (C=O) groups excluding carboxylic acids is 1. The summed E-state index contributed by atoms with van der Waals surface area (Å²) < 4.78 is 14.5. The number of nitrogens with zero attached hydrogens (tertiary/aromatic N) is 3. The number of aryl methyl sites for hydroxylation is 1. The van der Waals surface area contributed by atoms with Gasteiger partial charge in [0, 0.05) is 29.5 Å². The van der Waals surface area contributed by atoms with E-state index in [9.17, 15) is 14.0 Å². The summed E-state index contributed by atoms with van der Waals surface area (Å²) >= 11 is 6.05. The fourth-order valence-corrected chi connectivity index (χ4v) is 3.39. The number of anilines is 1. The Morgan fingerprint density at radius 1 is 1.11 bits per heavy atom. The Balaban J connectivity index is 1.74. The molecular formula is C20H15ClFN3O2. The Kier molecular flexibility index (Phi) is 4.49. The quantitative estimate of drug-likeness (QED) is 0.679. The largest absolute Gasteiger partial charge is 0.307 e. The van der Waals surface area contributed by atoms with E-state index in [1.165, 1.54) is 41.2 Å². The van der Waals surface area contributed by atoms with Gasteiger partial charge in [-0.1, -0.05) is 11.6 Å². The van der Waals surface area contributed by atoms with Crippen molar-refractivity contribution in [2.45, 2.75) is 12.8 Å². The lowest BCUT2D eigenvalue weighted by Gasteiger charge is -2.29. The lowest BCUT2D eigenvalue weighted by atomic mass is 10.0. The molecule has 0 atom stereocenters. The molecule has 2 heterocycles. The summed E-state index contributed by atoms with van der Waals surface area (Å²) in [6.07, 6.45) is 3.05. The van der Waals surface area contributed by atoms with Crippen molar-refractivity contribution in [1.82, 2.24) is 9.78 Å². The molecule has 0 fully saturated rings. The fraction of sp³-hybridized carbons (Fsp3) is 0.150. The van der Waals surface area contributed by atoms with E-state index < -0.39 is 11.3 Å². The predicted octanol–water partition coefficient (Wildman–Crippen LogP) is 3.62. The predicted molar refractivity (Wildman–Crippen MR) is 101 cm³/mol. The van der Waals surface area contributed by atoms with Crippen LogP contribution in [-0.4, -0.2) is 22.2 Å². The van der Waals surface area contributed by atoms with Crippen molar-refractivity contribution >= 4 is 23.2 Å². The van der Waals surface area contributed by atoms with E-state index in [0.29, 0.717) is 17.3 Å². The van der Waals surface area contributed by atoms with E-state index in [1.807, 2.05) is 6.07 Å². The Labute approximate surface area is 159 Å². The minimum atomic E-state index is -0.459. The highest BCUT2D eigenvalue weighted by Gasteiger charge is 2.26. The number of aromatic nitrogens is 2. The Morgan fingerprint density at radius 2 is 1.89 bits per heavy atom. The first-order valence-electron chi connectivity index (χ1n) is 8.49. The summed E-state index contributed by atoms with van der Waals surface area (Å²) in [4.78, 5) is 26.9. The molecule has 7 heteroatoms. The zero-order valence-electron chi connectivity index (χ0n) is 14.2. The summed E-state index contributed by atoms with van der Waals surface area (Å²) in [5.41, 5.74) is 1.63. The van der Waals surface area contributed by atoms with Crippen LogP contribution in [0.4, 0.5) is 10.1 Å². The molecule has 136 valence electrons. The molecule has 0 saturated heterocycles. The van der Waals surface area contributed by atoms with Crippen molar-refractivity contribution in [2.24, 2.45) is 0 Å². The SMILES string of the molecule is O=C(c1nn(-c2ccc(F)cc2)ccc1=O)N1CCCc2cc(Cl)ccc21. The number of amides is 1. The van der Waals surface area contributed by atoms with Gasteiger partial charge in [0.15, 0.2) is 5.69 Å². The van der Waals surface area contributed by atoms with Crippen LogP contribution in [0.25, 0.3) is 5.69 Å². The number of fused-ring (bicyclic) bond motifs is 1. The molecule has 0 aliphatic carbocycles. The van der Waals surface area contributed by atoms with Crippen LogP contribution in [-0.2, 0) is 6.42 Å². The highest BCUT2D eigenvalue weighted by molar-refractivity contribution is 6.30. The molecule has 5 nitrogen and oxygen atoms in total. The highest BCUT2D eigenvalue weighted by atomic mass is 35.5. The summed E-state index contributed by atoms with van der Waals surface area (Å²) in [5.74, 6) is -0.834. The maximum absolute atomic E-state index is 13.1. The van der Waals surface area contributed by atoms with Crippen molar-refractivity contribution in [3.05, 3.63) is 87.0 Å². The van der Waals surface area contributed by atoms with Gasteiger partial charge in [0.1, 0.15) is 5.82 Å². The first-order chi connectivity index (χ1) is 13.0. The third-order valence-corrected chi connectivity index (χ3v) is 4.74. The van der Waals surface area contributed by atoms with Crippen LogP contribution in [0.15, 0.2) is 59.5 Å². The molecule has 1 aromatic heterocycles. The average molecular weight is 384 g/mol. The van der Waals surface area contributed by atoms with Gasteiger partial charge >= 0.3 is 0 Å². The monoisotopic (exact) mass is 383 g/mol. The second-order valence-corrected chi connectivity index (χ2v) is 6.72. The van der Waals surface area contributed by atoms with Crippen molar-refractivity contribution in [3.8, 4) is 5.69 Å². The Hall–Kier alpha value is -2.99. The minimum absolute atomic E-state index is 0.176. The molecule has 0 unspecified atom stereocenters. The van der Waals surface area contributed by atoms with Crippen LogP contribution >= 0.6 is 11.6 Å². The molecule has 0 N–H and O–H groups in total. The van der Waals surface area contributed by atoms with Crippen molar-refractivity contribution < 1.29 is 9.18 Å². The van der Waals surface area contributed by atoms with Crippen molar-refractivity contribution in [3.63, 3.8) is 0 Å². The molecule has 0 saturated carbocycles.